The summed E-state index contributed by atoms with van der Waals surface area (Å²) >= 11 is 5.91. The molecule has 0 unspecified atom stereocenters. The standard InChI is InChI=1S/C18H16ClF3N2O3/c19-15-4-2-1-3-14(15)17(26)24-10-9-23-16(25)11-27-13-7-5-12(6-8-13)18(20,21)22/h1-8H,9-11H2,(H,23,25)(H,24,26). The minimum Gasteiger partial charge on any atom is -0.484 e. The van der Waals surface area contributed by atoms with Crippen LogP contribution in [0.2, 0.25) is 5.02 Å². The summed E-state index contributed by atoms with van der Waals surface area (Å²) in [5.41, 5.74) is -0.468. The van der Waals surface area contributed by atoms with Crippen LogP contribution in [-0.2, 0) is 11.0 Å². The lowest BCUT2D eigenvalue weighted by molar-refractivity contribution is -0.137. The number of carbonyl (C=O) groups excluding carboxylic acids is 2. The second-order valence-electron chi connectivity index (χ2n) is 5.40. The fourth-order valence-corrected chi connectivity index (χ4v) is 2.28. The normalized spacial score (nSPS) is 11.0. The monoisotopic (exact) mass is 400 g/mol. The van der Waals surface area contributed by atoms with Gasteiger partial charge in [0.05, 0.1) is 16.1 Å². The van der Waals surface area contributed by atoms with E-state index < -0.39 is 17.6 Å². The molecule has 2 N–H and O–H groups in total. The molecule has 9 heteroatoms. The van der Waals surface area contributed by atoms with Gasteiger partial charge < -0.3 is 15.4 Å². The van der Waals surface area contributed by atoms with Gasteiger partial charge in [0.1, 0.15) is 5.75 Å². The minimum absolute atomic E-state index is 0.144. The number of alkyl halides is 3. The molecule has 0 heterocycles. The maximum Gasteiger partial charge on any atom is 0.416 e. The zero-order chi connectivity index (χ0) is 19.9. The average Bonchev–Trinajstić information content (AvgIpc) is 2.63. The van der Waals surface area contributed by atoms with Gasteiger partial charge in [-0.15, -0.1) is 0 Å². The van der Waals surface area contributed by atoms with Gasteiger partial charge >= 0.3 is 6.18 Å². The van der Waals surface area contributed by atoms with Crippen LogP contribution in [0.1, 0.15) is 15.9 Å². The van der Waals surface area contributed by atoms with Gasteiger partial charge in [0.25, 0.3) is 11.8 Å². The molecule has 2 amide bonds. The maximum atomic E-state index is 12.5. The molecule has 0 aromatic heterocycles. The zero-order valence-electron chi connectivity index (χ0n) is 14.0. The Balaban J connectivity index is 1.68. The molecule has 0 aliphatic carbocycles. The van der Waals surface area contributed by atoms with Crippen LogP contribution in [0, 0.1) is 0 Å². The van der Waals surface area contributed by atoms with Gasteiger partial charge in [0.2, 0.25) is 0 Å². The van der Waals surface area contributed by atoms with E-state index in [4.69, 9.17) is 16.3 Å². The predicted octanol–water partition coefficient (Wildman–Crippen LogP) is 3.28. The highest BCUT2D eigenvalue weighted by Gasteiger charge is 2.30. The highest BCUT2D eigenvalue weighted by molar-refractivity contribution is 6.33. The first-order valence-electron chi connectivity index (χ1n) is 7.87. The van der Waals surface area contributed by atoms with E-state index >= 15 is 0 Å². The van der Waals surface area contributed by atoms with Crippen molar-refractivity contribution in [2.75, 3.05) is 19.7 Å². The number of halogens is 4. The Morgan fingerprint density at radius 2 is 1.59 bits per heavy atom. The summed E-state index contributed by atoms with van der Waals surface area (Å²) < 4.78 is 42.5. The Bertz CT molecular complexity index is 795. The summed E-state index contributed by atoms with van der Waals surface area (Å²) in [5, 5.41) is 5.45. The van der Waals surface area contributed by atoms with Crippen molar-refractivity contribution in [1.29, 1.82) is 0 Å². The lowest BCUT2D eigenvalue weighted by Gasteiger charge is -2.10. The number of benzene rings is 2. The van der Waals surface area contributed by atoms with Crippen molar-refractivity contribution in [3.8, 4) is 5.75 Å². The highest BCUT2D eigenvalue weighted by Crippen LogP contribution is 2.30. The Morgan fingerprint density at radius 1 is 0.963 bits per heavy atom. The van der Waals surface area contributed by atoms with Crippen LogP contribution in [0.25, 0.3) is 0 Å². The zero-order valence-corrected chi connectivity index (χ0v) is 14.7. The quantitative estimate of drug-likeness (QED) is 0.701. The van der Waals surface area contributed by atoms with Gasteiger partial charge in [-0.3, -0.25) is 9.59 Å². The lowest BCUT2D eigenvalue weighted by Crippen LogP contribution is -2.36. The van der Waals surface area contributed by atoms with Gasteiger partial charge in [0.15, 0.2) is 6.61 Å². The molecule has 0 aliphatic heterocycles. The first-order valence-corrected chi connectivity index (χ1v) is 8.24. The molecule has 0 radical (unpaired) electrons. The summed E-state index contributed by atoms with van der Waals surface area (Å²) in [7, 11) is 0. The van der Waals surface area contributed by atoms with E-state index in [-0.39, 0.29) is 31.4 Å². The molecule has 2 aromatic carbocycles. The van der Waals surface area contributed by atoms with Crippen molar-refractivity contribution < 1.29 is 27.5 Å². The molecule has 27 heavy (non-hydrogen) atoms. The maximum absolute atomic E-state index is 12.5. The van der Waals surface area contributed by atoms with E-state index in [1.807, 2.05) is 0 Å². The van der Waals surface area contributed by atoms with Crippen LogP contribution in [0.3, 0.4) is 0 Å². The Kier molecular flexibility index (Phi) is 7.06. The van der Waals surface area contributed by atoms with Crippen molar-refractivity contribution in [3.05, 3.63) is 64.7 Å². The average molecular weight is 401 g/mol. The molecule has 0 saturated heterocycles. The smallest absolute Gasteiger partial charge is 0.416 e. The van der Waals surface area contributed by atoms with E-state index in [2.05, 4.69) is 10.6 Å². The first kappa shape index (κ1) is 20.6. The number of amides is 2. The largest absolute Gasteiger partial charge is 0.484 e. The minimum atomic E-state index is -4.43. The van der Waals surface area contributed by atoms with Crippen molar-refractivity contribution >= 4 is 23.4 Å². The number of hydrogen-bond acceptors (Lipinski definition) is 3. The van der Waals surface area contributed by atoms with E-state index in [1.165, 1.54) is 0 Å². The predicted molar refractivity (Wildman–Crippen MR) is 93.7 cm³/mol. The molecule has 0 bridgehead atoms. The number of nitrogens with one attached hydrogen (secondary N) is 2. The Labute approximate surface area is 158 Å². The van der Waals surface area contributed by atoms with Crippen LogP contribution < -0.4 is 15.4 Å². The van der Waals surface area contributed by atoms with E-state index in [0.717, 1.165) is 24.3 Å². The lowest BCUT2D eigenvalue weighted by atomic mass is 10.2. The van der Waals surface area contributed by atoms with Gasteiger partial charge in [0, 0.05) is 13.1 Å². The third kappa shape index (κ3) is 6.49. The third-order valence-corrected chi connectivity index (χ3v) is 3.73. The molecule has 0 saturated carbocycles. The summed E-state index contributed by atoms with van der Waals surface area (Å²) in [6, 6.07) is 10.6. The van der Waals surface area contributed by atoms with Crippen molar-refractivity contribution in [2.24, 2.45) is 0 Å². The Hall–Kier alpha value is -2.74. The van der Waals surface area contributed by atoms with E-state index in [9.17, 15) is 22.8 Å². The molecular weight excluding hydrogens is 385 g/mol. The summed E-state index contributed by atoms with van der Waals surface area (Å²) in [6.45, 7) is -0.0225. The van der Waals surface area contributed by atoms with Crippen LogP contribution in [0.15, 0.2) is 48.5 Å². The van der Waals surface area contributed by atoms with E-state index in [0.29, 0.717) is 10.6 Å². The van der Waals surface area contributed by atoms with Crippen LogP contribution in [0.5, 0.6) is 5.75 Å². The van der Waals surface area contributed by atoms with Crippen LogP contribution >= 0.6 is 11.6 Å². The molecule has 5 nitrogen and oxygen atoms in total. The first-order chi connectivity index (χ1) is 12.8. The molecule has 0 aliphatic rings. The number of hydrogen-bond donors (Lipinski definition) is 2. The molecule has 144 valence electrons. The third-order valence-electron chi connectivity index (χ3n) is 3.40. The molecule has 0 spiro atoms. The topological polar surface area (TPSA) is 67.4 Å². The van der Waals surface area contributed by atoms with Gasteiger partial charge in [-0.1, -0.05) is 23.7 Å². The molecule has 2 rings (SSSR count). The van der Waals surface area contributed by atoms with Crippen molar-refractivity contribution in [1.82, 2.24) is 10.6 Å². The number of ether oxygens (including phenoxy) is 1. The van der Waals surface area contributed by atoms with Crippen molar-refractivity contribution in [2.45, 2.75) is 6.18 Å². The van der Waals surface area contributed by atoms with Gasteiger partial charge in [-0.05, 0) is 36.4 Å². The molecule has 0 fully saturated rings. The fraction of sp³-hybridized carbons (Fsp3) is 0.222. The summed E-state index contributed by atoms with van der Waals surface area (Å²) in [6.07, 6.45) is -4.43. The number of carbonyl (C=O) groups is 2. The molecule has 2 aromatic rings. The second kappa shape index (κ2) is 9.27. The number of rotatable bonds is 7. The summed E-state index contributed by atoms with van der Waals surface area (Å²) in [4.78, 5) is 23.6. The van der Waals surface area contributed by atoms with Gasteiger partial charge in [-0.25, -0.2) is 0 Å². The van der Waals surface area contributed by atoms with Gasteiger partial charge in [-0.2, -0.15) is 13.2 Å². The van der Waals surface area contributed by atoms with Crippen LogP contribution in [-0.4, -0.2) is 31.5 Å². The second-order valence-corrected chi connectivity index (χ2v) is 5.80. The summed E-state index contributed by atoms with van der Waals surface area (Å²) in [5.74, 6) is -0.692. The molecular formula is C18H16ClF3N2O3. The van der Waals surface area contributed by atoms with Crippen LogP contribution in [0.4, 0.5) is 13.2 Å². The van der Waals surface area contributed by atoms with Crippen molar-refractivity contribution in [3.63, 3.8) is 0 Å². The highest BCUT2D eigenvalue weighted by atomic mass is 35.5. The Morgan fingerprint density at radius 3 is 2.22 bits per heavy atom. The van der Waals surface area contributed by atoms with E-state index in [1.54, 1.807) is 24.3 Å². The SMILES string of the molecule is O=C(COc1ccc(C(F)(F)F)cc1)NCCNC(=O)c1ccccc1Cl. The molecule has 0 atom stereocenters. The fourth-order valence-electron chi connectivity index (χ4n) is 2.06.